The van der Waals surface area contributed by atoms with E-state index in [0.29, 0.717) is 40.6 Å². The van der Waals surface area contributed by atoms with Crippen molar-refractivity contribution in [1.29, 1.82) is 0 Å². The lowest BCUT2D eigenvalue weighted by atomic mass is 10.1. The fraction of sp³-hybridized carbons (Fsp3) is 0.138. The Balaban J connectivity index is 1.53. The van der Waals surface area contributed by atoms with Gasteiger partial charge in [-0.2, -0.15) is 0 Å². The summed E-state index contributed by atoms with van der Waals surface area (Å²) in [6, 6.07) is 20.5. The molecule has 0 saturated carbocycles. The van der Waals surface area contributed by atoms with Crippen LogP contribution in [0.3, 0.4) is 0 Å². The first kappa shape index (κ1) is 25.1. The summed E-state index contributed by atoms with van der Waals surface area (Å²) >= 11 is 6.04. The van der Waals surface area contributed by atoms with Gasteiger partial charge in [-0.25, -0.2) is 4.79 Å². The number of nitrogens with one attached hydrogen (secondary N) is 1. The lowest BCUT2D eigenvalue weighted by Gasteiger charge is -2.13. The SMILES string of the molecule is COc1cc2c(cc1OCc1ccccc1)c(C(=O)C(=O)NC1=CC(=O)OC1)cn2Cc1ccc(Cl)cc1. The molecule has 1 amide bonds. The molecule has 192 valence electrons. The number of benzene rings is 3. The van der Waals surface area contributed by atoms with E-state index in [0.717, 1.165) is 17.2 Å². The van der Waals surface area contributed by atoms with E-state index in [-0.39, 0.29) is 17.9 Å². The van der Waals surface area contributed by atoms with E-state index in [2.05, 4.69) is 5.32 Å². The van der Waals surface area contributed by atoms with Gasteiger partial charge in [0.2, 0.25) is 0 Å². The van der Waals surface area contributed by atoms with Crippen molar-refractivity contribution in [2.75, 3.05) is 13.7 Å². The molecule has 0 saturated heterocycles. The van der Waals surface area contributed by atoms with Crippen LogP contribution in [0.1, 0.15) is 21.5 Å². The number of carbonyl (C=O) groups is 3. The van der Waals surface area contributed by atoms with E-state index in [1.165, 1.54) is 0 Å². The average Bonchev–Trinajstić information content (AvgIpc) is 3.50. The van der Waals surface area contributed by atoms with Gasteiger partial charge in [0.15, 0.2) is 11.5 Å². The highest BCUT2D eigenvalue weighted by Gasteiger charge is 2.26. The highest BCUT2D eigenvalue weighted by molar-refractivity contribution is 6.45. The predicted molar refractivity (Wildman–Crippen MR) is 141 cm³/mol. The van der Waals surface area contributed by atoms with E-state index >= 15 is 0 Å². The van der Waals surface area contributed by atoms with E-state index < -0.39 is 17.7 Å². The zero-order valence-electron chi connectivity index (χ0n) is 20.4. The Morgan fingerprint density at radius 2 is 1.79 bits per heavy atom. The van der Waals surface area contributed by atoms with Crippen LogP contribution >= 0.6 is 11.6 Å². The first-order valence-electron chi connectivity index (χ1n) is 11.8. The maximum absolute atomic E-state index is 13.3. The van der Waals surface area contributed by atoms with Crippen molar-refractivity contribution < 1.29 is 28.6 Å². The molecule has 0 atom stereocenters. The van der Waals surface area contributed by atoms with Gasteiger partial charge < -0.3 is 24.1 Å². The third-order valence-corrected chi connectivity index (χ3v) is 6.31. The maximum atomic E-state index is 13.3. The summed E-state index contributed by atoms with van der Waals surface area (Å²) < 4.78 is 18.3. The van der Waals surface area contributed by atoms with Crippen LogP contribution in [-0.2, 0) is 27.5 Å². The number of ether oxygens (including phenoxy) is 3. The quantitative estimate of drug-likeness (QED) is 0.192. The zero-order chi connectivity index (χ0) is 26.6. The Bertz CT molecular complexity index is 1560. The minimum absolute atomic E-state index is 0.0924. The molecule has 9 heteroatoms. The van der Waals surface area contributed by atoms with Gasteiger partial charge in [-0.05, 0) is 29.3 Å². The Kier molecular flexibility index (Phi) is 7.15. The van der Waals surface area contributed by atoms with Crippen molar-refractivity contribution in [3.05, 3.63) is 106 Å². The largest absolute Gasteiger partial charge is 0.493 e. The molecule has 0 radical (unpaired) electrons. The number of ketones is 1. The number of halogens is 1. The number of aromatic nitrogens is 1. The molecule has 38 heavy (non-hydrogen) atoms. The Hall–Kier alpha value is -4.56. The molecular weight excluding hydrogens is 508 g/mol. The van der Waals surface area contributed by atoms with Gasteiger partial charge in [-0.1, -0.05) is 54.1 Å². The molecule has 2 heterocycles. The molecule has 1 N–H and O–H groups in total. The molecule has 5 rings (SSSR count). The number of fused-ring (bicyclic) bond motifs is 1. The standard InChI is InChI=1S/C29H23ClN2O6/c1-36-25-13-24-22(12-26(25)37-16-19-5-3-2-4-6-19)23(15-32(24)14-18-7-9-20(30)10-8-18)28(34)29(35)31-21-11-27(33)38-17-21/h2-13,15H,14,16-17H2,1H3,(H,31,35). The lowest BCUT2D eigenvalue weighted by Crippen LogP contribution is -2.31. The van der Waals surface area contributed by atoms with E-state index in [1.807, 2.05) is 47.0 Å². The smallest absolute Gasteiger partial charge is 0.333 e. The van der Waals surface area contributed by atoms with E-state index in [4.69, 9.17) is 25.8 Å². The summed E-state index contributed by atoms with van der Waals surface area (Å²) in [4.78, 5) is 37.5. The van der Waals surface area contributed by atoms with Crippen molar-refractivity contribution in [2.24, 2.45) is 0 Å². The van der Waals surface area contributed by atoms with Gasteiger partial charge in [0, 0.05) is 35.3 Å². The molecule has 0 bridgehead atoms. The fourth-order valence-electron chi connectivity index (χ4n) is 4.17. The first-order chi connectivity index (χ1) is 18.4. The van der Waals surface area contributed by atoms with Gasteiger partial charge in [-0.15, -0.1) is 0 Å². The molecule has 0 spiro atoms. The number of methoxy groups -OCH3 is 1. The number of amides is 1. The maximum Gasteiger partial charge on any atom is 0.333 e. The van der Waals surface area contributed by atoms with Crippen LogP contribution in [-0.4, -0.2) is 35.9 Å². The minimum atomic E-state index is -0.873. The topological polar surface area (TPSA) is 95.9 Å². The summed E-state index contributed by atoms with van der Waals surface area (Å²) in [5, 5.41) is 3.61. The molecule has 8 nitrogen and oxygen atoms in total. The number of nitrogens with zero attached hydrogens (tertiary/aromatic N) is 1. The molecule has 0 unspecified atom stereocenters. The average molecular weight is 531 g/mol. The van der Waals surface area contributed by atoms with Crippen LogP contribution in [0.25, 0.3) is 10.9 Å². The summed E-state index contributed by atoms with van der Waals surface area (Å²) in [7, 11) is 1.54. The summed E-state index contributed by atoms with van der Waals surface area (Å²) in [6.07, 6.45) is 2.78. The molecule has 0 fully saturated rings. The molecular formula is C29H23ClN2O6. The van der Waals surface area contributed by atoms with Crippen molar-refractivity contribution in [2.45, 2.75) is 13.2 Å². The molecule has 1 aromatic heterocycles. The fourth-order valence-corrected chi connectivity index (χ4v) is 4.30. The second-order valence-electron chi connectivity index (χ2n) is 8.65. The van der Waals surface area contributed by atoms with Gasteiger partial charge in [0.25, 0.3) is 11.7 Å². The van der Waals surface area contributed by atoms with Crippen molar-refractivity contribution >= 4 is 40.2 Å². The number of cyclic esters (lactones) is 1. The molecule has 1 aliphatic heterocycles. The Morgan fingerprint density at radius 1 is 1.03 bits per heavy atom. The number of hydrogen-bond acceptors (Lipinski definition) is 6. The van der Waals surface area contributed by atoms with E-state index in [1.54, 1.807) is 37.6 Å². The highest BCUT2D eigenvalue weighted by atomic mass is 35.5. The van der Waals surface area contributed by atoms with Crippen molar-refractivity contribution in [3.63, 3.8) is 0 Å². The lowest BCUT2D eigenvalue weighted by molar-refractivity contribution is -0.135. The number of esters is 1. The zero-order valence-corrected chi connectivity index (χ0v) is 21.2. The van der Waals surface area contributed by atoms with Crippen LogP contribution in [0.4, 0.5) is 0 Å². The summed E-state index contributed by atoms with van der Waals surface area (Å²) in [5.74, 6) is -1.29. The summed E-state index contributed by atoms with van der Waals surface area (Å²) in [5.41, 5.74) is 3.01. The van der Waals surface area contributed by atoms with Crippen LogP contribution in [0.15, 0.2) is 84.7 Å². The Labute approximate surface area is 223 Å². The second kappa shape index (κ2) is 10.8. The highest BCUT2D eigenvalue weighted by Crippen LogP contribution is 2.36. The number of rotatable bonds is 9. The summed E-state index contributed by atoms with van der Waals surface area (Å²) in [6.45, 7) is 0.619. The third kappa shape index (κ3) is 5.40. The van der Waals surface area contributed by atoms with Crippen LogP contribution in [0, 0.1) is 0 Å². The van der Waals surface area contributed by atoms with E-state index in [9.17, 15) is 14.4 Å². The van der Waals surface area contributed by atoms with Crippen LogP contribution in [0.2, 0.25) is 5.02 Å². The van der Waals surface area contributed by atoms with Gasteiger partial charge in [0.05, 0.1) is 23.9 Å². The first-order valence-corrected chi connectivity index (χ1v) is 12.1. The van der Waals surface area contributed by atoms with Gasteiger partial charge in [-0.3, -0.25) is 9.59 Å². The number of carbonyl (C=O) groups excluding carboxylic acids is 3. The second-order valence-corrected chi connectivity index (χ2v) is 9.09. The van der Waals surface area contributed by atoms with Crippen LogP contribution < -0.4 is 14.8 Å². The van der Waals surface area contributed by atoms with Crippen LogP contribution in [0.5, 0.6) is 11.5 Å². The molecule has 0 aliphatic carbocycles. The number of Topliss-reactive ketones (excluding diaryl/α,β-unsaturated/α-hetero) is 1. The normalized spacial score (nSPS) is 12.7. The van der Waals surface area contributed by atoms with Crippen molar-refractivity contribution in [3.8, 4) is 11.5 Å². The minimum Gasteiger partial charge on any atom is -0.493 e. The van der Waals surface area contributed by atoms with Gasteiger partial charge in [0.1, 0.15) is 13.2 Å². The van der Waals surface area contributed by atoms with Crippen molar-refractivity contribution in [1.82, 2.24) is 9.88 Å². The molecule has 4 aromatic rings. The molecule has 3 aromatic carbocycles. The number of hydrogen-bond donors (Lipinski definition) is 1. The molecule has 1 aliphatic rings. The monoisotopic (exact) mass is 530 g/mol. The third-order valence-electron chi connectivity index (χ3n) is 6.06. The van der Waals surface area contributed by atoms with Gasteiger partial charge >= 0.3 is 5.97 Å². The Morgan fingerprint density at radius 3 is 2.47 bits per heavy atom. The predicted octanol–water partition coefficient (Wildman–Crippen LogP) is 4.67.